The van der Waals surface area contributed by atoms with Crippen LogP contribution in [0.5, 0.6) is 0 Å². The van der Waals surface area contributed by atoms with Gasteiger partial charge >= 0.3 is 0 Å². The van der Waals surface area contributed by atoms with Crippen molar-refractivity contribution in [2.75, 3.05) is 0 Å². The van der Waals surface area contributed by atoms with E-state index in [9.17, 15) is 0 Å². The second-order valence-corrected chi connectivity index (χ2v) is 27.8. The highest BCUT2D eigenvalue weighted by atomic mass is 32.1. The molecule has 0 aliphatic carbocycles. The van der Waals surface area contributed by atoms with E-state index in [4.69, 9.17) is 29.9 Å². The largest absolute Gasteiger partial charge is 0.309 e. The number of nitrogens with zero attached hydrogens (tertiary/aromatic N) is 10. The van der Waals surface area contributed by atoms with Gasteiger partial charge < -0.3 is 9.13 Å². The van der Waals surface area contributed by atoms with Crippen molar-refractivity contribution in [2.45, 2.75) is 0 Å². The number of hydrogen-bond donors (Lipinski definition) is 0. The third kappa shape index (κ3) is 9.03. The highest BCUT2D eigenvalue weighted by Crippen LogP contribution is 2.46. The SMILES string of the molecule is c1ccc(-c2nc(-c3ccc4c(c3)sc3ccccc34)nc(-n3c4ccccc4c4c5c6ccccc6n(-c6ccccc6)c5ccc43)n2)cc1.c1ccc(-c2nc(-c3cccc4c3sc3ccccc34)nc(-n3c4ccccc4c4c5c6ccccc6n(-c6ccccc6)c5ccc43)n2)cc1. The van der Waals surface area contributed by atoms with Crippen LogP contribution in [0.4, 0.5) is 0 Å². The van der Waals surface area contributed by atoms with Gasteiger partial charge in [-0.2, -0.15) is 19.9 Å². The maximum Gasteiger partial charge on any atom is 0.238 e. The first-order chi connectivity index (χ1) is 50.6. The zero-order valence-corrected chi connectivity index (χ0v) is 56.1. The number of rotatable bonds is 8. The zero-order chi connectivity index (χ0) is 66.9. The zero-order valence-electron chi connectivity index (χ0n) is 54.5. The smallest absolute Gasteiger partial charge is 0.238 e. The summed E-state index contributed by atoms with van der Waals surface area (Å²) in [6.07, 6.45) is 0. The molecule has 0 spiro atoms. The average molecular weight is 1340 g/mol. The van der Waals surface area contributed by atoms with Gasteiger partial charge in [0.1, 0.15) is 0 Å². The number of para-hydroxylation sites is 6. The van der Waals surface area contributed by atoms with Crippen LogP contribution in [-0.4, -0.2) is 48.2 Å². The second-order valence-electron chi connectivity index (χ2n) is 25.7. The molecule has 102 heavy (non-hydrogen) atoms. The normalized spacial score (nSPS) is 11.9. The molecule has 0 saturated carbocycles. The first-order valence-corrected chi connectivity index (χ1v) is 35.7. The van der Waals surface area contributed by atoms with Crippen LogP contribution in [0.15, 0.2) is 328 Å². The van der Waals surface area contributed by atoms with Crippen molar-refractivity contribution < 1.29 is 0 Å². The molecule has 0 aliphatic heterocycles. The van der Waals surface area contributed by atoms with Crippen LogP contribution < -0.4 is 0 Å². The molecule has 0 radical (unpaired) electrons. The molecule has 0 fully saturated rings. The Morgan fingerprint density at radius 1 is 0.206 bits per heavy atom. The van der Waals surface area contributed by atoms with Crippen LogP contribution in [0.1, 0.15) is 0 Å². The molecule has 0 amide bonds. The minimum Gasteiger partial charge on any atom is -0.309 e. The van der Waals surface area contributed by atoms with Gasteiger partial charge in [-0.3, -0.25) is 9.13 Å². The summed E-state index contributed by atoms with van der Waals surface area (Å²) in [6, 6.07) is 115. The second kappa shape index (κ2) is 23.2. The van der Waals surface area contributed by atoms with Gasteiger partial charge in [-0.25, -0.2) is 9.97 Å². The van der Waals surface area contributed by atoms with Gasteiger partial charge in [-0.15, -0.1) is 22.7 Å². The van der Waals surface area contributed by atoms with E-state index in [1.165, 1.54) is 83.7 Å². The molecule has 0 aliphatic rings. The molecule has 0 saturated heterocycles. The molecular formula is C90H54N10S2. The average Bonchev–Trinajstić information content (AvgIpc) is 1.55. The molecule has 8 aromatic heterocycles. The third-order valence-electron chi connectivity index (χ3n) is 20.0. The lowest BCUT2D eigenvalue weighted by Crippen LogP contribution is -2.06. The first kappa shape index (κ1) is 57.8. The first-order valence-electron chi connectivity index (χ1n) is 34.1. The molecule has 8 heterocycles. The summed E-state index contributed by atoms with van der Waals surface area (Å²) in [7, 11) is 0. The Balaban J connectivity index is 0.000000133. The number of fused-ring (bicyclic) bond motifs is 20. The van der Waals surface area contributed by atoms with Crippen molar-refractivity contribution in [3.63, 3.8) is 0 Å². The summed E-state index contributed by atoms with van der Waals surface area (Å²) in [5, 5.41) is 14.5. The Bertz CT molecular complexity index is 7130. The van der Waals surface area contributed by atoms with Gasteiger partial charge in [-0.05, 0) is 97.1 Å². The topological polar surface area (TPSA) is 97.1 Å². The minimum absolute atomic E-state index is 0.590. The van der Waals surface area contributed by atoms with Crippen molar-refractivity contribution in [1.82, 2.24) is 48.2 Å². The van der Waals surface area contributed by atoms with Crippen LogP contribution in [-0.2, 0) is 0 Å². The molecule has 22 rings (SSSR count). The van der Waals surface area contributed by atoms with Crippen LogP contribution in [0.3, 0.4) is 0 Å². The highest BCUT2D eigenvalue weighted by molar-refractivity contribution is 7.26. The number of hydrogen-bond acceptors (Lipinski definition) is 8. The van der Waals surface area contributed by atoms with E-state index < -0.39 is 0 Å². The lowest BCUT2D eigenvalue weighted by molar-refractivity contribution is 0.953. The molecule has 10 nitrogen and oxygen atoms in total. The van der Waals surface area contributed by atoms with E-state index in [1.54, 1.807) is 22.7 Å². The molecule has 0 N–H and O–H groups in total. The summed E-state index contributed by atoms with van der Waals surface area (Å²) in [5.41, 5.74) is 15.0. The highest BCUT2D eigenvalue weighted by Gasteiger charge is 2.26. The summed E-state index contributed by atoms with van der Waals surface area (Å²) < 4.78 is 14.1. The van der Waals surface area contributed by atoms with Crippen molar-refractivity contribution in [1.29, 1.82) is 0 Å². The van der Waals surface area contributed by atoms with E-state index in [0.717, 1.165) is 77.5 Å². The fourth-order valence-corrected chi connectivity index (χ4v) is 17.9. The van der Waals surface area contributed by atoms with Gasteiger partial charge in [0.2, 0.25) is 11.9 Å². The fraction of sp³-hybridized carbons (Fsp3) is 0. The van der Waals surface area contributed by atoms with Gasteiger partial charge in [-0.1, -0.05) is 231 Å². The van der Waals surface area contributed by atoms with Gasteiger partial charge in [0.15, 0.2) is 23.3 Å². The summed E-state index contributed by atoms with van der Waals surface area (Å²) in [6.45, 7) is 0. The van der Waals surface area contributed by atoms with E-state index in [-0.39, 0.29) is 0 Å². The maximum atomic E-state index is 5.33. The molecule has 476 valence electrons. The van der Waals surface area contributed by atoms with Gasteiger partial charge in [0, 0.05) is 117 Å². The number of aromatic nitrogens is 10. The lowest BCUT2D eigenvalue weighted by Gasteiger charge is -2.11. The number of thiophene rings is 2. The molecule has 12 heteroatoms. The maximum absolute atomic E-state index is 5.33. The lowest BCUT2D eigenvalue weighted by atomic mass is 10.1. The molecular weight excluding hydrogens is 1290 g/mol. The molecule has 14 aromatic carbocycles. The standard InChI is InChI=1S/2C45H27N5S/c1-3-14-28(15-4-1)43-46-44(34-22-13-21-31-30-18-9-12-25-39(30)51-42(31)34)48-45(47-43)50-36-24-11-8-20-33(36)41-38(50)27-26-37-40(41)32-19-7-10-23-35(32)49(37)29-16-5-2-6-17-29;1-3-13-28(14-4-1)43-46-44(29-23-24-32-31-17-9-12-22-39(31)51-40(32)27-29)48-45(47-43)50-36-21-11-8-19-34(36)42-38(50)26-25-37-41(42)33-18-7-10-20-35(33)49(37)30-15-5-2-6-16-30/h2*1-27H. The molecule has 0 atom stereocenters. The van der Waals surface area contributed by atoms with E-state index in [0.29, 0.717) is 35.2 Å². The van der Waals surface area contributed by atoms with E-state index >= 15 is 0 Å². The summed E-state index contributed by atoms with van der Waals surface area (Å²) in [4.78, 5) is 31.3. The van der Waals surface area contributed by atoms with E-state index in [1.807, 2.05) is 36.4 Å². The van der Waals surface area contributed by atoms with Crippen LogP contribution in [0, 0.1) is 0 Å². The van der Waals surface area contributed by atoms with Crippen molar-refractivity contribution in [2.24, 2.45) is 0 Å². The predicted octanol–water partition coefficient (Wildman–Crippen LogP) is 23.5. The van der Waals surface area contributed by atoms with Gasteiger partial charge in [0.05, 0.1) is 44.1 Å². The van der Waals surface area contributed by atoms with Gasteiger partial charge in [0.25, 0.3) is 0 Å². The monoisotopic (exact) mass is 1340 g/mol. The Labute approximate surface area is 590 Å². The van der Waals surface area contributed by atoms with Crippen molar-refractivity contribution >= 4 is 150 Å². The fourth-order valence-electron chi connectivity index (χ4n) is 15.6. The van der Waals surface area contributed by atoms with Crippen LogP contribution in [0.25, 0.3) is 196 Å². The summed E-state index contributed by atoms with van der Waals surface area (Å²) in [5.74, 6) is 3.76. The number of benzene rings is 14. The predicted molar refractivity (Wildman–Crippen MR) is 425 cm³/mol. The Hall–Kier alpha value is -13.3. The quantitative estimate of drug-likeness (QED) is 0.150. The van der Waals surface area contributed by atoms with Crippen molar-refractivity contribution in [3.8, 4) is 68.8 Å². The van der Waals surface area contributed by atoms with Crippen LogP contribution in [0.2, 0.25) is 0 Å². The Kier molecular flexibility index (Phi) is 13.1. The third-order valence-corrected chi connectivity index (χ3v) is 22.3. The van der Waals surface area contributed by atoms with Crippen molar-refractivity contribution in [3.05, 3.63) is 328 Å². The summed E-state index contributed by atoms with van der Waals surface area (Å²) >= 11 is 3.59. The van der Waals surface area contributed by atoms with E-state index in [2.05, 4.69) is 309 Å². The minimum atomic E-state index is 0.590. The van der Waals surface area contributed by atoms with Crippen LogP contribution >= 0.6 is 22.7 Å². The Morgan fingerprint density at radius 3 is 1.03 bits per heavy atom. The molecule has 22 aromatic rings. The molecule has 0 unspecified atom stereocenters. The molecule has 0 bridgehead atoms. The Morgan fingerprint density at radius 2 is 0.549 bits per heavy atom.